The van der Waals surface area contributed by atoms with E-state index in [2.05, 4.69) is 36.5 Å². The molecule has 0 fully saturated rings. The van der Waals surface area contributed by atoms with E-state index in [-0.39, 0.29) is 24.8 Å². The lowest BCUT2D eigenvalue weighted by molar-refractivity contribution is -0.124. The van der Waals surface area contributed by atoms with E-state index in [1.165, 1.54) is 0 Å². The van der Waals surface area contributed by atoms with Crippen LogP contribution in [0.3, 0.4) is 0 Å². The van der Waals surface area contributed by atoms with Crippen LogP contribution in [0.1, 0.15) is 12.2 Å². The topological polar surface area (TPSA) is 86.9 Å². The number of carbonyl (C=O) groups excluding carboxylic acids is 2. The summed E-state index contributed by atoms with van der Waals surface area (Å²) in [5.41, 5.74) is 2.50. The number of para-hydroxylation sites is 3. The first-order valence-electron chi connectivity index (χ1n) is 7.86. The van der Waals surface area contributed by atoms with Gasteiger partial charge in [-0.2, -0.15) is 0 Å². The Balaban J connectivity index is 1.44. The number of rotatable bonds is 6. The smallest absolute Gasteiger partial charge is 0.243 e. The van der Waals surface area contributed by atoms with Crippen LogP contribution in [0.5, 0.6) is 0 Å². The summed E-state index contributed by atoms with van der Waals surface area (Å²) < 4.78 is 0.791. The maximum atomic E-state index is 11.9. The molecule has 1 aromatic heterocycles. The van der Waals surface area contributed by atoms with Crippen LogP contribution in [-0.4, -0.2) is 28.3 Å². The van der Waals surface area contributed by atoms with Crippen molar-refractivity contribution in [1.82, 2.24) is 15.3 Å². The van der Waals surface area contributed by atoms with E-state index in [9.17, 15) is 9.59 Å². The van der Waals surface area contributed by atoms with Gasteiger partial charge in [0.15, 0.2) is 0 Å². The molecule has 2 amide bonds. The highest BCUT2D eigenvalue weighted by atomic mass is 79.9. The third kappa shape index (κ3) is 4.67. The summed E-state index contributed by atoms with van der Waals surface area (Å²) in [4.78, 5) is 31.4. The zero-order chi connectivity index (χ0) is 17.6. The number of nitrogens with zero attached hydrogens (tertiary/aromatic N) is 1. The second-order valence-corrected chi connectivity index (χ2v) is 6.36. The van der Waals surface area contributed by atoms with Gasteiger partial charge in [-0.25, -0.2) is 4.98 Å². The summed E-state index contributed by atoms with van der Waals surface area (Å²) in [5, 5.41) is 5.36. The average molecular weight is 401 g/mol. The minimum absolute atomic E-state index is 0.0691. The third-order valence-electron chi connectivity index (χ3n) is 3.62. The molecular formula is C18H17BrN4O2. The molecule has 0 aliphatic rings. The Hall–Kier alpha value is -2.67. The van der Waals surface area contributed by atoms with E-state index in [1.807, 2.05) is 42.5 Å². The van der Waals surface area contributed by atoms with E-state index in [0.717, 1.165) is 21.3 Å². The normalized spacial score (nSPS) is 10.6. The van der Waals surface area contributed by atoms with Gasteiger partial charge in [0.05, 0.1) is 23.3 Å². The van der Waals surface area contributed by atoms with Crippen molar-refractivity contribution in [2.75, 3.05) is 11.9 Å². The van der Waals surface area contributed by atoms with Gasteiger partial charge < -0.3 is 15.6 Å². The standard InChI is InChI=1S/C18H17BrN4O2/c19-12-5-1-2-6-13(12)23-18(25)11-20-17(24)10-9-16-21-14-7-3-4-8-15(14)22-16/h1-8H,9-11H2,(H,20,24)(H,21,22)(H,23,25). The van der Waals surface area contributed by atoms with Crippen molar-refractivity contribution >= 4 is 44.5 Å². The average Bonchev–Trinajstić information content (AvgIpc) is 3.03. The molecule has 3 aromatic rings. The summed E-state index contributed by atoms with van der Waals surface area (Å²) in [6, 6.07) is 15.0. The van der Waals surface area contributed by atoms with Crippen molar-refractivity contribution in [3.63, 3.8) is 0 Å². The van der Waals surface area contributed by atoms with E-state index >= 15 is 0 Å². The first-order chi connectivity index (χ1) is 12.1. The lowest BCUT2D eigenvalue weighted by atomic mass is 10.3. The van der Waals surface area contributed by atoms with E-state index in [0.29, 0.717) is 12.1 Å². The Morgan fingerprint density at radius 3 is 2.60 bits per heavy atom. The molecule has 0 spiro atoms. The van der Waals surface area contributed by atoms with Crippen LogP contribution >= 0.6 is 15.9 Å². The zero-order valence-corrected chi connectivity index (χ0v) is 15.0. The molecule has 0 saturated heterocycles. The number of nitrogens with one attached hydrogen (secondary N) is 3. The lowest BCUT2D eigenvalue weighted by Gasteiger charge is -2.08. The maximum Gasteiger partial charge on any atom is 0.243 e. The van der Waals surface area contributed by atoms with Gasteiger partial charge in [-0.05, 0) is 40.2 Å². The number of carbonyl (C=O) groups is 2. The van der Waals surface area contributed by atoms with Gasteiger partial charge in [0.25, 0.3) is 0 Å². The molecule has 128 valence electrons. The Labute approximate surface area is 153 Å². The van der Waals surface area contributed by atoms with Gasteiger partial charge in [-0.1, -0.05) is 24.3 Å². The number of aryl methyl sites for hydroxylation is 1. The van der Waals surface area contributed by atoms with Gasteiger partial charge in [0, 0.05) is 17.3 Å². The summed E-state index contributed by atoms with van der Waals surface area (Å²) in [6.07, 6.45) is 0.758. The molecule has 0 radical (unpaired) electrons. The summed E-state index contributed by atoms with van der Waals surface area (Å²) in [7, 11) is 0. The van der Waals surface area contributed by atoms with Crippen molar-refractivity contribution < 1.29 is 9.59 Å². The van der Waals surface area contributed by atoms with Crippen LogP contribution in [0.15, 0.2) is 53.0 Å². The molecule has 6 nitrogen and oxygen atoms in total. The largest absolute Gasteiger partial charge is 0.347 e. The quantitative estimate of drug-likeness (QED) is 0.594. The fourth-order valence-electron chi connectivity index (χ4n) is 2.38. The first-order valence-corrected chi connectivity index (χ1v) is 8.66. The minimum Gasteiger partial charge on any atom is -0.347 e. The number of hydrogen-bond acceptors (Lipinski definition) is 3. The molecule has 0 aliphatic carbocycles. The first kappa shape index (κ1) is 17.2. The van der Waals surface area contributed by atoms with Crippen LogP contribution in [0.4, 0.5) is 5.69 Å². The number of anilines is 1. The van der Waals surface area contributed by atoms with Gasteiger partial charge >= 0.3 is 0 Å². The predicted octanol–water partition coefficient (Wildman–Crippen LogP) is 3.01. The molecular weight excluding hydrogens is 384 g/mol. The SMILES string of the molecule is O=C(CCc1nc2ccccc2[nH]1)NCC(=O)Nc1ccccc1Br. The number of aromatic amines is 1. The van der Waals surface area contributed by atoms with Crippen LogP contribution < -0.4 is 10.6 Å². The van der Waals surface area contributed by atoms with Crippen LogP contribution in [0.25, 0.3) is 11.0 Å². The number of imidazole rings is 1. The fraction of sp³-hybridized carbons (Fsp3) is 0.167. The highest BCUT2D eigenvalue weighted by molar-refractivity contribution is 9.10. The van der Waals surface area contributed by atoms with Gasteiger partial charge in [-0.15, -0.1) is 0 Å². The molecule has 0 unspecified atom stereocenters. The Morgan fingerprint density at radius 1 is 1.04 bits per heavy atom. The molecule has 0 aliphatic heterocycles. The summed E-state index contributed by atoms with van der Waals surface area (Å²) in [6.45, 7) is -0.0691. The van der Waals surface area contributed by atoms with Crippen molar-refractivity contribution in [2.45, 2.75) is 12.8 Å². The van der Waals surface area contributed by atoms with Crippen molar-refractivity contribution in [2.24, 2.45) is 0 Å². The predicted molar refractivity (Wildman–Crippen MR) is 100 cm³/mol. The fourth-order valence-corrected chi connectivity index (χ4v) is 2.76. The van der Waals surface area contributed by atoms with E-state index in [1.54, 1.807) is 6.07 Å². The Kier molecular flexibility index (Phi) is 5.45. The number of amides is 2. The van der Waals surface area contributed by atoms with Gasteiger partial charge in [0.2, 0.25) is 11.8 Å². The van der Waals surface area contributed by atoms with Crippen LogP contribution in [0, 0.1) is 0 Å². The zero-order valence-electron chi connectivity index (χ0n) is 13.4. The van der Waals surface area contributed by atoms with Crippen molar-refractivity contribution in [1.29, 1.82) is 0 Å². The third-order valence-corrected chi connectivity index (χ3v) is 4.31. The maximum absolute atomic E-state index is 11.9. The molecule has 7 heteroatoms. The van der Waals surface area contributed by atoms with E-state index < -0.39 is 0 Å². The number of benzene rings is 2. The number of fused-ring (bicyclic) bond motifs is 1. The highest BCUT2D eigenvalue weighted by Crippen LogP contribution is 2.20. The number of halogens is 1. The molecule has 3 rings (SSSR count). The summed E-state index contributed by atoms with van der Waals surface area (Å²) >= 11 is 3.36. The molecule has 3 N–H and O–H groups in total. The minimum atomic E-state index is -0.274. The van der Waals surface area contributed by atoms with E-state index in [4.69, 9.17) is 0 Å². The molecule has 25 heavy (non-hydrogen) atoms. The van der Waals surface area contributed by atoms with Gasteiger partial charge in [-0.3, -0.25) is 9.59 Å². The number of hydrogen-bond donors (Lipinski definition) is 3. The monoisotopic (exact) mass is 400 g/mol. The van der Waals surface area contributed by atoms with Crippen LogP contribution in [-0.2, 0) is 16.0 Å². The van der Waals surface area contributed by atoms with Crippen molar-refractivity contribution in [3.05, 3.63) is 58.8 Å². The Morgan fingerprint density at radius 2 is 1.80 bits per heavy atom. The molecule has 0 saturated carbocycles. The summed E-state index contributed by atoms with van der Waals surface area (Å²) in [5.74, 6) is 0.292. The number of H-pyrrole nitrogens is 1. The highest BCUT2D eigenvalue weighted by Gasteiger charge is 2.09. The molecule has 0 atom stereocenters. The second-order valence-electron chi connectivity index (χ2n) is 5.51. The Bertz CT molecular complexity index is 874. The molecule has 2 aromatic carbocycles. The lowest BCUT2D eigenvalue weighted by Crippen LogP contribution is -2.33. The molecule has 0 bridgehead atoms. The second kappa shape index (κ2) is 7.94. The van der Waals surface area contributed by atoms with Crippen LogP contribution in [0.2, 0.25) is 0 Å². The van der Waals surface area contributed by atoms with Gasteiger partial charge in [0.1, 0.15) is 5.82 Å². The number of aromatic nitrogens is 2. The molecule has 1 heterocycles. The van der Waals surface area contributed by atoms with Crippen molar-refractivity contribution in [3.8, 4) is 0 Å².